The molecule has 16 heavy (non-hydrogen) atoms. The van der Waals surface area contributed by atoms with E-state index in [4.69, 9.17) is 4.55 Å². The van der Waals surface area contributed by atoms with Gasteiger partial charge in [0.1, 0.15) is 5.25 Å². The molecule has 6 nitrogen and oxygen atoms in total. The molecule has 0 amide bonds. The maximum atomic E-state index is 11.0. The summed E-state index contributed by atoms with van der Waals surface area (Å²) < 4.78 is 31.0. The van der Waals surface area contributed by atoms with Gasteiger partial charge < -0.3 is 15.3 Å². The van der Waals surface area contributed by atoms with Crippen LogP contribution < -0.4 is 5.32 Å². The lowest BCUT2D eigenvalue weighted by atomic mass is 10.2. The van der Waals surface area contributed by atoms with Crippen molar-refractivity contribution in [2.24, 2.45) is 0 Å². The summed E-state index contributed by atoms with van der Waals surface area (Å²) in [5.41, 5.74) is 0. The Morgan fingerprint density at radius 2 is 1.94 bits per heavy atom. The third-order valence-corrected chi connectivity index (χ3v) is 4.25. The Hall–Kier alpha value is -0.210. The second-order valence-electron chi connectivity index (χ2n) is 4.17. The van der Waals surface area contributed by atoms with Crippen molar-refractivity contribution >= 4 is 10.1 Å². The van der Waals surface area contributed by atoms with E-state index in [1.807, 2.05) is 0 Å². The second-order valence-corrected chi connectivity index (χ2v) is 5.81. The number of aliphatic hydroxyl groups excluding tert-OH is 1. The summed E-state index contributed by atoms with van der Waals surface area (Å²) >= 11 is 0. The van der Waals surface area contributed by atoms with Crippen molar-refractivity contribution in [1.29, 1.82) is 0 Å². The molecule has 2 unspecified atom stereocenters. The molecule has 0 aliphatic carbocycles. The predicted molar refractivity (Wildman–Crippen MR) is 60.9 cm³/mol. The van der Waals surface area contributed by atoms with Gasteiger partial charge in [0.25, 0.3) is 10.1 Å². The molecular weight excluding hydrogens is 232 g/mol. The minimum Gasteiger partial charge on any atom is -0.392 e. The van der Waals surface area contributed by atoms with Crippen molar-refractivity contribution in [3.63, 3.8) is 0 Å². The number of nitrogens with one attached hydrogen (secondary N) is 1. The van der Waals surface area contributed by atoms with Gasteiger partial charge in [-0.15, -0.1) is 0 Å². The molecule has 0 saturated carbocycles. The van der Waals surface area contributed by atoms with Crippen LogP contribution in [0.25, 0.3) is 0 Å². The molecule has 1 aliphatic heterocycles. The van der Waals surface area contributed by atoms with Crippen LogP contribution in [-0.4, -0.2) is 67.1 Å². The highest BCUT2D eigenvalue weighted by Gasteiger charge is 2.28. The van der Waals surface area contributed by atoms with Crippen LogP contribution in [0.3, 0.4) is 0 Å². The Balaban J connectivity index is 2.44. The number of nitrogens with zero attached hydrogens (tertiary/aromatic N) is 1. The summed E-state index contributed by atoms with van der Waals surface area (Å²) in [5, 5.41) is 11.4. The molecule has 1 heterocycles. The van der Waals surface area contributed by atoms with Gasteiger partial charge in [0.15, 0.2) is 0 Å². The van der Waals surface area contributed by atoms with E-state index in [2.05, 4.69) is 10.2 Å². The van der Waals surface area contributed by atoms with Crippen molar-refractivity contribution in [2.45, 2.75) is 24.7 Å². The Labute approximate surface area is 96.4 Å². The monoisotopic (exact) mass is 252 g/mol. The lowest BCUT2D eigenvalue weighted by Crippen LogP contribution is -2.45. The van der Waals surface area contributed by atoms with E-state index >= 15 is 0 Å². The van der Waals surface area contributed by atoms with Crippen molar-refractivity contribution < 1.29 is 18.1 Å². The van der Waals surface area contributed by atoms with Crippen molar-refractivity contribution in [3.8, 4) is 0 Å². The highest BCUT2D eigenvalue weighted by Crippen LogP contribution is 2.10. The molecule has 1 fully saturated rings. The summed E-state index contributed by atoms with van der Waals surface area (Å²) in [7, 11) is -4.16. The maximum absolute atomic E-state index is 11.0. The normalized spacial score (nSPS) is 22.9. The van der Waals surface area contributed by atoms with E-state index in [9.17, 15) is 13.5 Å². The van der Waals surface area contributed by atoms with Crippen LogP contribution in [0.4, 0.5) is 0 Å². The highest BCUT2D eigenvalue weighted by atomic mass is 32.2. The van der Waals surface area contributed by atoms with E-state index in [0.29, 0.717) is 6.54 Å². The van der Waals surface area contributed by atoms with E-state index in [1.165, 1.54) is 6.92 Å². The Bertz CT molecular complexity index is 299. The number of hydrogen-bond acceptors (Lipinski definition) is 5. The summed E-state index contributed by atoms with van der Waals surface area (Å²) in [6, 6.07) is 0. The van der Waals surface area contributed by atoms with E-state index in [0.717, 1.165) is 26.2 Å². The summed E-state index contributed by atoms with van der Waals surface area (Å²) in [6.45, 7) is 5.50. The minimum atomic E-state index is -4.16. The maximum Gasteiger partial charge on any atom is 0.270 e. The van der Waals surface area contributed by atoms with E-state index in [-0.39, 0.29) is 6.42 Å². The molecule has 1 aliphatic rings. The molecule has 2 atom stereocenters. The fraction of sp³-hybridized carbons (Fsp3) is 1.00. The van der Waals surface area contributed by atoms with Gasteiger partial charge in [0.2, 0.25) is 0 Å². The molecule has 0 bridgehead atoms. The molecule has 0 spiro atoms. The standard InChI is InChI=1S/C9H20N2O4S/c1-8(12)9(16(13,14)15)2-5-11-6-3-10-4-7-11/h8-10,12H,2-7H2,1H3,(H,13,14,15). The Morgan fingerprint density at radius 3 is 2.38 bits per heavy atom. The summed E-state index contributed by atoms with van der Waals surface area (Å²) in [6.07, 6.45) is -0.783. The summed E-state index contributed by atoms with van der Waals surface area (Å²) in [4.78, 5) is 2.12. The molecule has 7 heteroatoms. The van der Waals surface area contributed by atoms with Gasteiger partial charge in [-0.05, 0) is 19.9 Å². The van der Waals surface area contributed by atoms with Gasteiger partial charge >= 0.3 is 0 Å². The van der Waals surface area contributed by atoms with Crippen LogP contribution >= 0.6 is 0 Å². The SMILES string of the molecule is CC(O)C(CCN1CCNCC1)S(=O)(=O)O. The Kier molecular flexibility index (Phi) is 5.13. The lowest BCUT2D eigenvalue weighted by molar-refractivity contribution is 0.165. The molecule has 0 aromatic carbocycles. The number of hydrogen-bond donors (Lipinski definition) is 3. The molecule has 0 aromatic rings. The quantitative estimate of drug-likeness (QED) is 0.539. The molecule has 0 aromatic heterocycles. The summed E-state index contributed by atoms with van der Waals surface area (Å²) in [5.74, 6) is 0. The van der Waals surface area contributed by atoms with Gasteiger partial charge in [-0.3, -0.25) is 4.55 Å². The average molecular weight is 252 g/mol. The van der Waals surface area contributed by atoms with Crippen molar-refractivity contribution in [3.05, 3.63) is 0 Å². The first-order valence-electron chi connectivity index (χ1n) is 5.48. The van der Waals surface area contributed by atoms with E-state index in [1.54, 1.807) is 0 Å². The molecule has 0 radical (unpaired) electrons. The number of rotatable bonds is 5. The van der Waals surface area contributed by atoms with Crippen LogP contribution in [-0.2, 0) is 10.1 Å². The van der Waals surface area contributed by atoms with Gasteiger partial charge in [0, 0.05) is 26.2 Å². The first-order chi connectivity index (χ1) is 7.41. The third kappa shape index (κ3) is 4.34. The molecule has 1 rings (SSSR count). The van der Waals surface area contributed by atoms with E-state index < -0.39 is 21.5 Å². The zero-order valence-electron chi connectivity index (χ0n) is 9.46. The zero-order valence-corrected chi connectivity index (χ0v) is 10.3. The number of piperazine rings is 1. The second kappa shape index (κ2) is 5.92. The van der Waals surface area contributed by atoms with Gasteiger partial charge in [-0.2, -0.15) is 8.42 Å². The average Bonchev–Trinajstić information content (AvgIpc) is 2.17. The van der Waals surface area contributed by atoms with Gasteiger partial charge in [-0.25, -0.2) is 0 Å². The molecular formula is C9H20N2O4S. The predicted octanol–water partition coefficient (Wildman–Crippen LogP) is -1.08. The minimum absolute atomic E-state index is 0.260. The lowest BCUT2D eigenvalue weighted by Gasteiger charge is -2.28. The molecule has 96 valence electrons. The smallest absolute Gasteiger partial charge is 0.270 e. The zero-order chi connectivity index (χ0) is 12.2. The molecule has 1 saturated heterocycles. The highest BCUT2D eigenvalue weighted by molar-refractivity contribution is 7.86. The number of aliphatic hydroxyl groups is 1. The van der Waals surface area contributed by atoms with Crippen LogP contribution in [0.1, 0.15) is 13.3 Å². The molecule has 3 N–H and O–H groups in total. The van der Waals surface area contributed by atoms with Gasteiger partial charge in [-0.1, -0.05) is 0 Å². The van der Waals surface area contributed by atoms with Crippen LogP contribution in [0.5, 0.6) is 0 Å². The van der Waals surface area contributed by atoms with Crippen LogP contribution in [0.2, 0.25) is 0 Å². The topological polar surface area (TPSA) is 89.9 Å². The van der Waals surface area contributed by atoms with Crippen molar-refractivity contribution in [1.82, 2.24) is 10.2 Å². The van der Waals surface area contributed by atoms with Crippen LogP contribution in [0.15, 0.2) is 0 Å². The largest absolute Gasteiger partial charge is 0.392 e. The Morgan fingerprint density at radius 1 is 1.38 bits per heavy atom. The first kappa shape index (κ1) is 13.9. The fourth-order valence-corrected chi connectivity index (χ4v) is 2.78. The van der Waals surface area contributed by atoms with Crippen LogP contribution in [0, 0.1) is 0 Å². The first-order valence-corrected chi connectivity index (χ1v) is 6.99. The van der Waals surface area contributed by atoms with Crippen molar-refractivity contribution in [2.75, 3.05) is 32.7 Å². The fourth-order valence-electron chi connectivity index (χ4n) is 1.88. The van der Waals surface area contributed by atoms with Gasteiger partial charge in [0.05, 0.1) is 6.10 Å². The third-order valence-electron chi connectivity index (χ3n) is 2.86.